The molecule has 8 nitrogen and oxygen atoms in total. The summed E-state index contributed by atoms with van der Waals surface area (Å²) in [7, 11) is 3.08. The summed E-state index contributed by atoms with van der Waals surface area (Å²) in [5.41, 5.74) is 4.45. The molecule has 0 radical (unpaired) electrons. The number of halogens is 1. The fourth-order valence-electron chi connectivity index (χ4n) is 5.34. The number of ether oxygens (including phenoxy) is 1. The van der Waals surface area contributed by atoms with Gasteiger partial charge in [0.2, 0.25) is 0 Å². The number of nitrogens with one attached hydrogen (secondary N) is 2. The Balaban J connectivity index is 1.43. The highest BCUT2D eigenvalue weighted by Gasteiger charge is 2.50. The van der Waals surface area contributed by atoms with Crippen molar-refractivity contribution in [2.75, 3.05) is 14.2 Å². The normalized spacial score (nSPS) is 13.7. The topological polar surface area (TPSA) is 107 Å². The molecule has 5 aromatic rings. The van der Waals surface area contributed by atoms with Crippen LogP contribution in [0.2, 0.25) is 0 Å². The van der Waals surface area contributed by atoms with Gasteiger partial charge in [-0.05, 0) is 91.9 Å². The Labute approximate surface area is 235 Å². The molecule has 1 aliphatic rings. The minimum absolute atomic E-state index is 0.287. The molecule has 1 fully saturated rings. The molecule has 0 unspecified atom stereocenters. The van der Waals surface area contributed by atoms with Crippen molar-refractivity contribution in [3.63, 3.8) is 0 Å². The van der Waals surface area contributed by atoms with Gasteiger partial charge in [-0.15, -0.1) is 0 Å². The van der Waals surface area contributed by atoms with Crippen molar-refractivity contribution in [3.8, 4) is 28.2 Å². The summed E-state index contributed by atoms with van der Waals surface area (Å²) in [5.74, 6) is 0.464. The van der Waals surface area contributed by atoms with Crippen molar-refractivity contribution in [1.29, 1.82) is 0 Å². The minimum atomic E-state index is -0.581. The third kappa shape index (κ3) is 4.53. The monoisotopic (exact) mass is 553 g/mol. The second-order valence-electron chi connectivity index (χ2n) is 10.3. The molecule has 0 saturated heterocycles. The van der Waals surface area contributed by atoms with Gasteiger partial charge in [0.1, 0.15) is 28.4 Å². The molecule has 2 aromatic heterocycles. The van der Waals surface area contributed by atoms with E-state index in [0.29, 0.717) is 44.9 Å². The van der Waals surface area contributed by atoms with E-state index in [-0.39, 0.29) is 17.6 Å². The van der Waals surface area contributed by atoms with Gasteiger partial charge in [0.25, 0.3) is 11.8 Å². The number of aromatic nitrogens is 1. The second-order valence-corrected chi connectivity index (χ2v) is 10.3. The predicted molar refractivity (Wildman–Crippen MR) is 151 cm³/mol. The molecule has 1 aliphatic carbocycles. The molecule has 9 heteroatoms. The summed E-state index contributed by atoms with van der Waals surface area (Å²) >= 11 is 0. The van der Waals surface area contributed by atoms with E-state index < -0.39 is 5.54 Å². The Hall–Kier alpha value is -4.92. The van der Waals surface area contributed by atoms with Crippen LogP contribution in [-0.2, 0) is 5.54 Å². The highest BCUT2D eigenvalue weighted by Crippen LogP contribution is 2.47. The van der Waals surface area contributed by atoms with Gasteiger partial charge in [0.05, 0.1) is 23.9 Å². The van der Waals surface area contributed by atoms with Crippen LogP contribution >= 0.6 is 0 Å². The number of carbonyl (C=O) groups is 2. The first-order valence-corrected chi connectivity index (χ1v) is 13.2. The van der Waals surface area contributed by atoms with E-state index in [1.807, 2.05) is 32.0 Å². The molecule has 208 valence electrons. The Morgan fingerprint density at radius 2 is 1.73 bits per heavy atom. The lowest BCUT2D eigenvalue weighted by atomic mass is 9.95. The number of carbonyl (C=O) groups excluding carboxylic acids is 2. The molecule has 0 bridgehead atoms. The lowest BCUT2D eigenvalue weighted by Gasteiger charge is -2.18. The summed E-state index contributed by atoms with van der Waals surface area (Å²) in [6.07, 6.45) is 2.90. The molecular formula is C32H28FN3O5. The van der Waals surface area contributed by atoms with Gasteiger partial charge in [-0.3, -0.25) is 9.59 Å². The fourth-order valence-corrected chi connectivity index (χ4v) is 5.34. The van der Waals surface area contributed by atoms with E-state index in [4.69, 9.17) is 13.6 Å². The first-order chi connectivity index (χ1) is 19.7. The fraction of sp³-hybridized carbons (Fsp3) is 0.219. The zero-order valence-electron chi connectivity index (χ0n) is 23.1. The van der Waals surface area contributed by atoms with Gasteiger partial charge in [-0.25, -0.2) is 9.37 Å². The van der Waals surface area contributed by atoms with Gasteiger partial charge in [-0.2, -0.15) is 0 Å². The van der Waals surface area contributed by atoms with Crippen LogP contribution in [0.1, 0.15) is 50.6 Å². The molecule has 2 heterocycles. The average molecular weight is 554 g/mol. The van der Waals surface area contributed by atoms with Crippen molar-refractivity contribution >= 4 is 22.8 Å². The third-order valence-electron chi connectivity index (χ3n) is 7.63. The smallest absolute Gasteiger partial charge is 0.255 e. The van der Waals surface area contributed by atoms with Crippen LogP contribution < -0.4 is 15.4 Å². The molecule has 1 saturated carbocycles. The standard InChI is InChI=1S/C32H28FN3O5/c1-17-13-26(39-4)24(30(37)36-32(11-12-32)29-18(2)35-16-40-29)15-22(17)20-7-10-25-23(14-20)27(31(38)34-3)28(41-25)19-5-8-21(33)9-6-19/h5-10,13-16H,11-12H2,1-4H3,(H,34,38)(H,36,37). The molecule has 0 atom stereocenters. The van der Waals surface area contributed by atoms with Gasteiger partial charge in [0.15, 0.2) is 12.2 Å². The first-order valence-electron chi connectivity index (χ1n) is 13.2. The number of hydrogen-bond donors (Lipinski definition) is 2. The molecule has 2 N–H and O–H groups in total. The summed E-state index contributed by atoms with van der Waals surface area (Å²) in [5, 5.41) is 6.42. The van der Waals surface area contributed by atoms with Crippen LogP contribution in [0.5, 0.6) is 5.75 Å². The number of fused-ring (bicyclic) bond motifs is 1. The number of oxazole rings is 1. The molecule has 3 aromatic carbocycles. The number of aryl methyl sites for hydroxylation is 2. The molecule has 41 heavy (non-hydrogen) atoms. The maximum absolute atomic E-state index is 13.6. The average Bonchev–Trinajstić information content (AvgIpc) is 3.43. The van der Waals surface area contributed by atoms with Crippen LogP contribution in [0.4, 0.5) is 4.39 Å². The zero-order chi connectivity index (χ0) is 28.9. The molecule has 0 aliphatic heterocycles. The number of furan rings is 1. The van der Waals surface area contributed by atoms with E-state index in [9.17, 15) is 14.0 Å². The maximum Gasteiger partial charge on any atom is 0.255 e. The Morgan fingerprint density at radius 3 is 2.37 bits per heavy atom. The van der Waals surface area contributed by atoms with Crippen LogP contribution in [0.3, 0.4) is 0 Å². The summed E-state index contributed by atoms with van der Waals surface area (Å²) in [4.78, 5) is 30.8. The second kappa shape index (κ2) is 9.92. The SMILES string of the molecule is CNC(=O)c1c(-c2ccc(F)cc2)oc2ccc(-c3cc(C(=O)NC4(c5ocnc5C)CC4)c(OC)cc3C)cc12. The number of hydrogen-bond acceptors (Lipinski definition) is 6. The largest absolute Gasteiger partial charge is 0.496 e. The molecular weight excluding hydrogens is 525 g/mol. The van der Waals surface area contributed by atoms with E-state index >= 15 is 0 Å². The number of rotatable bonds is 7. The summed E-state index contributed by atoms with van der Waals surface area (Å²) in [6.45, 7) is 3.79. The highest BCUT2D eigenvalue weighted by atomic mass is 19.1. The van der Waals surface area contributed by atoms with Gasteiger partial charge in [0, 0.05) is 18.0 Å². The van der Waals surface area contributed by atoms with Crippen molar-refractivity contribution in [2.45, 2.75) is 32.2 Å². The lowest BCUT2D eigenvalue weighted by molar-refractivity contribution is 0.0920. The third-order valence-corrected chi connectivity index (χ3v) is 7.63. The lowest BCUT2D eigenvalue weighted by Crippen LogP contribution is -2.35. The van der Waals surface area contributed by atoms with E-state index in [0.717, 1.165) is 35.2 Å². The van der Waals surface area contributed by atoms with Crippen LogP contribution in [-0.4, -0.2) is 31.0 Å². The number of nitrogens with zero attached hydrogens (tertiary/aromatic N) is 1. The van der Waals surface area contributed by atoms with Crippen molar-refractivity contribution in [3.05, 3.63) is 95.0 Å². The summed E-state index contributed by atoms with van der Waals surface area (Å²) in [6, 6.07) is 15.0. The Bertz CT molecular complexity index is 1820. The Morgan fingerprint density at radius 1 is 1.00 bits per heavy atom. The first kappa shape index (κ1) is 26.3. The van der Waals surface area contributed by atoms with Crippen molar-refractivity contribution in [1.82, 2.24) is 15.6 Å². The highest BCUT2D eigenvalue weighted by molar-refractivity contribution is 6.12. The van der Waals surface area contributed by atoms with E-state index in [1.54, 1.807) is 31.3 Å². The van der Waals surface area contributed by atoms with Gasteiger partial charge in [-0.1, -0.05) is 6.07 Å². The molecule has 2 amide bonds. The van der Waals surface area contributed by atoms with Crippen LogP contribution in [0.25, 0.3) is 33.4 Å². The minimum Gasteiger partial charge on any atom is -0.496 e. The van der Waals surface area contributed by atoms with E-state index in [1.165, 1.54) is 25.6 Å². The van der Waals surface area contributed by atoms with Crippen LogP contribution in [0, 0.1) is 19.7 Å². The summed E-state index contributed by atoms with van der Waals surface area (Å²) < 4.78 is 30.9. The van der Waals surface area contributed by atoms with Gasteiger partial charge < -0.3 is 24.2 Å². The number of benzene rings is 3. The number of methoxy groups -OCH3 is 1. The van der Waals surface area contributed by atoms with Crippen LogP contribution in [0.15, 0.2) is 69.8 Å². The quantitative estimate of drug-likeness (QED) is 0.245. The van der Waals surface area contributed by atoms with E-state index in [2.05, 4.69) is 15.6 Å². The predicted octanol–water partition coefficient (Wildman–Crippen LogP) is 6.30. The van der Waals surface area contributed by atoms with Crippen molar-refractivity contribution < 1.29 is 27.6 Å². The van der Waals surface area contributed by atoms with Crippen molar-refractivity contribution in [2.24, 2.45) is 0 Å². The Kier molecular flexibility index (Phi) is 6.37. The molecule has 6 rings (SSSR count). The zero-order valence-corrected chi connectivity index (χ0v) is 23.1. The maximum atomic E-state index is 13.6. The number of amides is 2. The molecule has 0 spiro atoms. The van der Waals surface area contributed by atoms with Gasteiger partial charge >= 0.3 is 0 Å².